The van der Waals surface area contributed by atoms with Gasteiger partial charge in [0, 0.05) is 10.2 Å². The molecule has 0 radical (unpaired) electrons. The fourth-order valence-electron chi connectivity index (χ4n) is 2.21. The van der Waals surface area contributed by atoms with Crippen LogP contribution in [0.25, 0.3) is 6.08 Å². The summed E-state index contributed by atoms with van der Waals surface area (Å²) in [4.78, 5) is 12.0. The van der Waals surface area contributed by atoms with Crippen molar-refractivity contribution in [1.29, 1.82) is 0 Å². The molecule has 9 heteroatoms. The Morgan fingerprint density at radius 3 is 2.53 bits per heavy atom. The lowest BCUT2D eigenvalue weighted by molar-refractivity contribution is -0.118. The van der Waals surface area contributed by atoms with Crippen LogP contribution in [0.15, 0.2) is 72.9 Å². The molecule has 0 bridgehead atoms. The van der Waals surface area contributed by atoms with E-state index in [0.29, 0.717) is 0 Å². The van der Waals surface area contributed by atoms with Crippen molar-refractivity contribution in [2.24, 2.45) is 5.10 Å². The van der Waals surface area contributed by atoms with Gasteiger partial charge in [0.2, 0.25) is 0 Å². The van der Waals surface area contributed by atoms with E-state index >= 15 is 0 Å². The summed E-state index contributed by atoms with van der Waals surface area (Å²) < 4.78 is 2.43. The third-order valence-corrected chi connectivity index (χ3v) is 7.37. The summed E-state index contributed by atoms with van der Waals surface area (Å²) in [5.74, 6) is 0.884. The van der Waals surface area contributed by atoms with Crippen LogP contribution >= 0.6 is 50.8 Å². The summed E-state index contributed by atoms with van der Waals surface area (Å²) in [5.41, 5.74) is 6.06. The molecule has 3 rings (SSSR count). The molecule has 0 saturated heterocycles. The lowest BCUT2D eigenvalue weighted by atomic mass is 10.2. The van der Waals surface area contributed by atoms with E-state index in [4.69, 9.17) is 0 Å². The number of carbonyl (C=O) groups is 1. The number of nitrogens with one attached hydrogen (secondary N) is 1. The van der Waals surface area contributed by atoms with Gasteiger partial charge >= 0.3 is 0 Å². The minimum Gasteiger partial charge on any atom is -0.272 e. The maximum Gasteiger partial charge on any atom is 0.250 e. The molecule has 1 aromatic heterocycles. The fourth-order valence-corrected chi connectivity index (χ4v) is 5.35. The summed E-state index contributed by atoms with van der Waals surface area (Å²) in [5, 5.41) is 12.3. The fraction of sp³-hybridized carbons (Fsp3) is 0.143. The lowest BCUT2D eigenvalue weighted by Gasteiger charge is -1.99. The first-order chi connectivity index (χ1) is 14.6. The molecule has 0 saturated carbocycles. The molecule has 1 heterocycles. The third-order valence-electron chi connectivity index (χ3n) is 3.68. The van der Waals surface area contributed by atoms with Crippen LogP contribution in [0.3, 0.4) is 0 Å². The van der Waals surface area contributed by atoms with Crippen LogP contribution in [-0.4, -0.2) is 28.1 Å². The Morgan fingerprint density at radius 1 is 1.10 bits per heavy atom. The van der Waals surface area contributed by atoms with Gasteiger partial charge in [-0.05, 0) is 40.1 Å². The predicted molar refractivity (Wildman–Crippen MR) is 131 cm³/mol. The van der Waals surface area contributed by atoms with Crippen molar-refractivity contribution in [2.75, 3.05) is 5.75 Å². The van der Waals surface area contributed by atoms with Crippen LogP contribution in [0.4, 0.5) is 0 Å². The molecule has 2 aromatic carbocycles. The SMILES string of the molecule is Cc1ccc(CSc2nnc(SCC(=O)N/N=C/C(Br)=C\c3ccccc3)s2)cc1. The van der Waals surface area contributed by atoms with Crippen LogP contribution in [-0.2, 0) is 10.5 Å². The molecule has 3 aromatic rings. The Bertz CT molecular complexity index is 1020. The van der Waals surface area contributed by atoms with Crippen molar-refractivity contribution in [3.05, 3.63) is 75.8 Å². The average Bonchev–Trinajstić information content (AvgIpc) is 3.20. The number of aryl methyl sites for hydroxylation is 1. The van der Waals surface area contributed by atoms with Gasteiger partial charge in [-0.2, -0.15) is 5.10 Å². The van der Waals surface area contributed by atoms with Crippen molar-refractivity contribution in [1.82, 2.24) is 15.6 Å². The molecule has 0 atom stereocenters. The zero-order valence-electron chi connectivity index (χ0n) is 16.1. The predicted octanol–water partition coefficient (Wildman–Crippen LogP) is 5.77. The molecule has 30 heavy (non-hydrogen) atoms. The molecule has 154 valence electrons. The lowest BCUT2D eigenvalue weighted by Crippen LogP contribution is -2.19. The first kappa shape index (κ1) is 22.7. The van der Waals surface area contributed by atoms with Crippen molar-refractivity contribution < 1.29 is 4.79 Å². The number of benzene rings is 2. The topological polar surface area (TPSA) is 67.2 Å². The summed E-state index contributed by atoms with van der Waals surface area (Å²) in [7, 11) is 0. The number of nitrogens with zero attached hydrogens (tertiary/aromatic N) is 3. The third kappa shape index (κ3) is 8.06. The van der Waals surface area contributed by atoms with E-state index in [1.807, 2.05) is 36.4 Å². The second kappa shape index (κ2) is 12.0. The maximum absolute atomic E-state index is 12.0. The normalized spacial score (nSPS) is 11.7. The van der Waals surface area contributed by atoms with Crippen molar-refractivity contribution >= 4 is 69.0 Å². The second-order valence-corrected chi connectivity index (χ2v) is 10.5. The molecule has 0 spiro atoms. The highest BCUT2D eigenvalue weighted by molar-refractivity contribution is 9.12. The number of allylic oxidation sites excluding steroid dienone is 1. The molecule has 0 fully saturated rings. The first-order valence-electron chi connectivity index (χ1n) is 8.97. The number of thioether (sulfide) groups is 2. The number of hydrazone groups is 1. The summed E-state index contributed by atoms with van der Waals surface area (Å²) >= 11 is 7.91. The monoisotopic (exact) mass is 518 g/mol. The van der Waals surface area contributed by atoms with Crippen LogP contribution in [0.2, 0.25) is 0 Å². The number of hydrogen-bond donors (Lipinski definition) is 1. The molecule has 1 amide bonds. The van der Waals surface area contributed by atoms with E-state index in [1.165, 1.54) is 34.2 Å². The van der Waals surface area contributed by atoms with Crippen molar-refractivity contribution in [2.45, 2.75) is 21.4 Å². The summed E-state index contributed by atoms with van der Waals surface area (Å²) in [6, 6.07) is 18.3. The number of amides is 1. The van der Waals surface area contributed by atoms with Gasteiger partial charge in [0.1, 0.15) is 0 Å². The number of halogens is 1. The van der Waals surface area contributed by atoms with E-state index < -0.39 is 0 Å². The van der Waals surface area contributed by atoms with E-state index in [1.54, 1.807) is 18.0 Å². The van der Waals surface area contributed by atoms with Crippen LogP contribution in [0, 0.1) is 6.92 Å². The quantitative estimate of drug-likeness (QED) is 0.221. The van der Waals surface area contributed by atoms with E-state index in [2.05, 4.69) is 67.8 Å². The highest BCUT2D eigenvalue weighted by Gasteiger charge is 2.08. The number of carbonyl (C=O) groups excluding carboxylic acids is 1. The molecule has 0 aliphatic heterocycles. The molecular formula is C21H19BrN4OS3. The highest BCUT2D eigenvalue weighted by Crippen LogP contribution is 2.30. The van der Waals surface area contributed by atoms with Gasteiger partial charge in [0.25, 0.3) is 5.91 Å². The number of hydrogen-bond acceptors (Lipinski definition) is 7. The summed E-state index contributed by atoms with van der Waals surface area (Å²) in [6.45, 7) is 2.08. The first-order valence-corrected chi connectivity index (χ1v) is 12.6. The van der Waals surface area contributed by atoms with Gasteiger partial charge in [-0.1, -0.05) is 95.0 Å². The van der Waals surface area contributed by atoms with Gasteiger partial charge in [-0.15, -0.1) is 10.2 Å². The Labute approximate surface area is 196 Å². The van der Waals surface area contributed by atoms with Gasteiger partial charge in [0.15, 0.2) is 8.68 Å². The van der Waals surface area contributed by atoms with Crippen molar-refractivity contribution in [3.63, 3.8) is 0 Å². The highest BCUT2D eigenvalue weighted by atomic mass is 79.9. The molecular weight excluding hydrogens is 500 g/mol. The van der Waals surface area contributed by atoms with Crippen molar-refractivity contribution in [3.8, 4) is 0 Å². The maximum atomic E-state index is 12.0. The average molecular weight is 520 g/mol. The zero-order chi connectivity index (χ0) is 21.2. The Kier molecular flexibility index (Phi) is 9.13. The minimum absolute atomic E-state index is 0.194. The summed E-state index contributed by atoms with van der Waals surface area (Å²) in [6.07, 6.45) is 3.47. The van der Waals surface area contributed by atoms with E-state index in [0.717, 1.165) is 24.5 Å². The van der Waals surface area contributed by atoms with Gasteiger partial charge < -0.3 is 0 Å². The Morgan fingerprint density at radius 2 is 1.80 bits per heavy atom. The zero-order valence-corrected chi connectivity index (χ0v) is 20.2. The molecule has 5 nitrogen and oxygen atoms in total. The number of rotatable bonds is 9. The molecule has 1 N–H and O–H groups in total. The molecule has 0 aliphatic rings. The standard InChI is InChI=1S/C21H19BrN4OS3/c1-15-7-9-17(10-8-15)13-28-20-25-26-21(30-20)29-14-19(27)24-23-12-18(22)11-16-5-3-2-4-6-16/h2-12H,13-14H2,1H3,(H,24,27)/b18-11+,23-12+. The smallest absolute Gasteiger partial charge is 0.250 e. The van der Waals surface area contributed by atoms with Crippen LogP contribution < -0.4 is 5.43 Å². The Hall–Kier alpha value is -1.94. The molecule has 0 aliphatic carbocycles. The Balaban J connectivity index is 1.39. The largest absolute Gasteiger partial charge is 0.272 e. The van der Waals surface area contributed by atoms with Crippen LogP contribution in [0.1, 0.15) is 16.7 Å². The van der Waals surface area contributed by atoms with Crippen LogP contribution in [0.5, 0.6) is 0 Å². The van der Waals surface area contributed by atoms with E-state index in [-0.39, 0.29) is 11.7 Å². The van der Waals surface area contributed by atoms with Gasteiger partial charge in [-0.3, -0.25) is 4.79 Å². The molecule has 0 unspecified atom stereocenters. The second-order valence-electron chi connectivity index (χ2n) is 6.13. The van der Waals surface area contributed by atoms with Gasteiger partial charge in [0.05, 0.1) is 12.0 Å². The van der Waals surface area contributed by atoms with E-state index in [9.17, 15) is 4.79 Å². The minimum atomic E-state index is -0.194. The van der Waals surface area contributed by atoms with Gasteiger partial charge in [-0.25, -0.2) is 5.43 Å². The number of aromatic nitrogens is 2.